The van der Waals surface area contributed by atoms with Gasteiger partial charge in [-0.25, -0.2) is 4.98 Å². The van der Waals surface area contributed by atoms with Gasteiger partial charge in [0.2, 0.25) is 12.3 Å². The zero-order valence-electron chi connectivity index (χ0n) is 19.1. The van der Waals surface area contributed by atoms with E-state index in [0.717, 1.165) is 48.6 Å². The lowest BCUT2D eigenvalue weighted by Crippen LogP contribution is -2.40. The van der Waals surface area contributed by atoms with Crippen molar-refractivity contribution in [2.45, 2.75) is 76.2 Å². The maximum Gasteiger partial charge on any atom is 0.322 e. The fraction of sp³-hybridized carbons (Fsp3) is 0.565. The molecular weight excluding hydrogens is 434 g/mol. The highest BCUT2D eigenvalue weighted by Gasteiger charge is 2.34. The lowest BCUT2D eigenvalue weighted by Gasteiger charge is -2.24. The summed E-state index contributed by atoms with van der Waals surface area (Å²) >= 11 is 0. The molecule has 1 saturated heterocycles. The van der Waals surface area contributed by atoms with Crippen LogP contribution in [0.4, 0.5) is 23.6 Å². The lowest BCUT2D eigenvalue weighted by atomic mass is 9.87. The number of nitrogens with zero attached hydrogens (tertiary/aromatic N) is 6. The van der Waals surface area contributed by atoms with Crippen LogP contribution in [0.3, 0.4) is 0 Å². The van der Waals surface area contributed by atoms with Gasteiger partial charge in [0.1, 0.15) is 11.9 Å². The van der Waals surface area contributed by atoms with E-state index in [1.54, 1.807) is 0 Å². The zero-order chi connectivity index (χ0) is 22.9. The maximum atomic E-state index is 12.9. The summed E-state index contributed by atoms with van der Waals surface area (Å²) in [7, 11) is 0. The summed E-state index contributed by atoms with van der Waals surface area (Å²) in [6.07, 6.45) is 12.0. The van der Waals surface area contributed by atoms with Crippen LogP contribution < -0.4 is 15.5 Å². The Labute approximate surface area is 197 Å². The molecule has 2 fully saturated rings. The number of amides is 1. The molecule has 1 saturated carbocycles. The molecule has 3 N–H and O–H groups in total. The van der Waals surface area contributed by atoms with Gasteiger partial charge in [0.15, 0.2) is 5.82 Å². The molecule has 4 heterocycles. The molecule has 3 aromatic rings. The van der Waals surface area contributed by atoms with Crippen LogP contribution in [0.15, 0.2) is 16.9 Å². The normalized spacial score (nSPS) is 20.5. The minimum atomic E-state index is -0.387. The molecule has 1 amide bonds. The number of hydrogen-bond acceptors (Lipinski definition) is 9. The van der Waals surface area contributed by atoms with Crippen molar-refractivity contribution in [1.82, 2.24) is 30.4 Å². The molecule has 34 heavy (non-hydrogen) atoms. The second kappa shape index (κ2) is 9.03. The second-order valence-electron chi connectivity index (χ2n) is 9.40. The van der Waals surface area contributed by atoms with Crippen molar-refractivity contribution in [2.75, 3.05) is 22.1 Å². The first kappa shape index (κ1) is 21.1. The third kappa shape index (κ3) is 4.10. The number of anilines is 4. The number of H-pyrrole nitrogens is 1. The predicted octanol–water partition coefficient (Wildman–Crippen LogP) is 3.47. The molecule has 11 nitrogen and oxygen atoms in total. The summed E-state index contributed by atoms with van der Waals surface area (Å²) in [5.74, 6) is 2.53. The molecule has 1 aliphatic heterocycles. The minimum absolute atomic E-state index is 0.0985. The van der Waals surface area contributed by atoms with Crippen molar-refractivity contribution in [1.29, 1.82) is 0 Å². The first-order valence-corrected chi connectivity index (χ1v) is 12.3. The number of aromatic nitrogens is 6. The molecule has 178 valence electrons. The number of fused-ring (bicyclic) bond motifs is 1. The maximum absolute atomic E-state index is 12.9. The fourth-order valence-electron chi connectivity index (χ4n) is 5.49. The van der Waals surface area contributed by atoms with Crippen molar-refractivity contribution >= 4 is 29.5 Å². The van der Waals surface area contributed by atoms with E-state index in [1.807, 2.05) is 4.90 Å². The number of nitrogens with one attached hydrogen (secondary N) is 3. The van der Waals surface area contributed by atoms with Crippen molar-refractivity contribution in [2.24, 2.45) is 0 Å². The topological polar surface area (TPSA) is 138 Å². The van der Waals surface area contributed by atoms with Crippen LogP contribution in [0.1, 0.15) is 74.2 Å². The van der Waals surface area contributed by atoms with E-state index in [9.17, 15) is 4.79 Å². The minimum Gasteiger partial charge on any atom is -0.411 e. The molecule has 1 atom stereocenters. The van der Waals surface area contributed by atoms with Gasteiger partial charge in [0.05, 0.1) is 5.69 Å². The first-order valence-electron chi connectivity index (χ1n) is 12.3. The van der Waals surface area contributed by atoms with Crippen molar-refractivity contribution in [3.8, 4) is 0 Å². The van der Waals surface area contributed by atoms with Gasteiger partial charge in [0, 0.05) is 29.8 Å². The summed E-state index contributed by atoms with van der Waals surface area (Å²) in [6, 6.07) is 1.83. The summed E-state index contributed by atoms with van der Waals surface area (Å²) in [6.45, 7) is 0.717. The van der Waals surface area contributed by atoms with Gasteiger partial charge in [-0.15, -0.1) is 5.10 Å². The number of hydrogen-bond donors (Lipinski definition) is 3. The summed E-state index contributed by atoms with van der Waals surface area (Å²) in [5.41, 5.74) is 3.40. The van der Waals surface area contributed by atoms with Gasteiger partial charge in [-0.2, -0.15) is 10.1 Å². The predicted molar refractivity (Wildman–Crippen MR) is 125 cm³/mol. The Hall–Kier alpha value is -3.50. The van der Waals surface area contributed by atoms with Crippen LogP contribution in [0.5, 0.6) is 0 Å². The number of aromatic amines is 1. The monoisotopic (exact) mass is 463 g/mol. The third-order valence-electron chi connectivity index (χ3n) is 7.21. The highest BCUT2D eigenvalue weighted by Crippen LogP contribution is 2.35. The second-order valence-corrected chi connectivity index (χ2v) is 9.40. The highest BCUT2D eigenvalue weighted by molar-refractivity contribution is 5.95. The Morgan fingerprint density at radius 2 is 2.00 bits per heavy atom. The molecule has 11 heteroatoms. The molecule has 3 aliphatic rings. The Bertz CT molecular complexity index is 1150. The van der Waals surface area contributed by atoms with Crippen molar-refractivity contribution in [3.63, 3.8) is 0 Å². The quantitative estimate of drug-likeness (QED) is 0.501. The van der Waals surface area contributed by atoms with Gasteiger partial charge < -0.3 is 14.6 Å². The van der Waals surface area contributed by atoms with E-state index in [0.29, 0.717) is 24.8 Å². The van der Waals surface area contributed by atoms with E-state index in [2.05, 4.69) is 37.1 Å². The summed E-state index contributed by atoms with van der Waals surface area (Å²) in [5, 5.41) is 21.3. The van der Waals surface area contributed by atoms with Gasteiger partial charge in [-0.05, 0) is 44.9 Å². The fourth-order valence-corrected chi connectivity index (χ4v) is 5.49. The number of carbonyl (C=O) groups excluding carboxylic acids is 1. The first-order chi connectivity index (χ1) is 16.7. The summed E-state index contributed by atoms with van der Waals surface area (Å²) in [4.78, 5) is 24.6. The van der Waals surface area contributed by atoms with Crippen LogP contribution in [0.25, 0.3) is 0 Å². The SMILES string of the molecule is O=C(Nc1nnco1)[C@@H]1CCCN1c1nc2c(c(Nc3cc(C4CCCCC4)[nH]n3)n1)CCC2. The van der Waals surface area contributed by atoms with Crippen LogP contribution in [0.2, 0.25) is 0 Å². The van der Waals surface area contributed by atoms with E-state index in [-0.39, 0.29) is 18.0 Å². The Kier molecular flexibility index (Phi) is 5.60. The Morgan fingerprint density at radius 1 is 1.09 bits per heavy atom. The van der Waals surface area contributed by atoms with E-state index >= 15 is 0 Å². The number of rotatable bonds is 6. The third-order valence-corrected chi connectivity index (χ3v) is 7.21. The molecule has 0 spiro atoms. The van der Waals surface area contributed by atoms with Crippen LogP contribution in [-0.4, -0.2) is 48.9 Å². The largest absolute Gasteiger partial charge is 0.411 e. The van der Waals surface area contributed by atoms with Gasteiger partial charge in [0.25, 0.3) is 5.91 Å². The Morgan fingerprint density at radius 3 is 2.85 bits per heavy atom. The van der Waals surface area contributed by atoms with Gasteiger partial charge in [-0.1, -0.05) is 24.4 Å². The number of aryl methyl sites for hydroxylation is 1. The van der Waals surface area contributed by atoms with E-state index < -0.39 is 0 Å². The Balaban J connectivity index is 1.24. The van der Waals surface area contributed by atoms with Gasteiger partial charge >= 0.3 is 6.01 Å². The molecule has 6 rings (SSSR count). The van der Waals surface area contributed by atoms with Crippen LogP contribution in [-0.2, 0) is 17.6 Å². The van der Waals surface area contributed by atoms with Gasteiger partial charge in [-0.3, -0.25) is 15.2 Å². The molecule has 3 aromatic heterocycles. The van der Waals surface area contributed by atoms with Crippen LogP contribution in [0, 0.1) is 0 Å². The van der Waals surface area contributed by atoms with E-state index in [4.69, 9.17) is 14.4 Å². The molecule has 0 aromatic carbocycles. The molecule has 2 aliphatic carbocycles. The molecule has 0 radical (unpaired) electrons. The summed E-state index contributed by atoms with van der Waals surface area (Å²) < 4.78 is 5.07. The van der Waals surface area contributed by atoms with Crippen molar-refractivity contribution < 1.29 is 9.21 Å². The molecular formula is C23H29N9O2. The average molecular weight is 464 g/mol. The average Bonchev–Trinajstić information content (AvgIpc) is 3.67. The molecule has 0 unspecified atom stereocenters. The number of carbonyl (C=O) groups is 1. The van der Waals surface area contributed by atoms with Crippen molar-refractivity contribution in [3.05, 3.63) is 29.4 Å². The standard InChI is InChI=1S/C23H29N9O2/c33-21(28-23-31-24-13-34-23)18-10-5-11-32(18)22-25-16-9-4-8-15(16)20(27-22)26-19-12-17(29-30-19)14-6-2-1-3-7-14/h12-14,18H,1-11H2,(H,28,31,33)(H2,25,26,27,29,30)/t18-/m0/s1. The lowest BCUT2D eigenvalue weighted by molar-refractivity contribution is -0.117. The molecule has 0 bridgehead atoms. The smallest absolute Gasteiger partial charge is 0.322 e. The highest BCUT2D eigenvalue weighted by atomic mass is 16.4. The van der Waals surface area contributed by atoms with Crippen LogP contribution >= 0.6 is 0 Å². The van der Waals surface area contributed by atoms with E-state index in [1.165, 1.54) is 44.2 Å². The zero-order valence-corrected chi connectivity index (χ0v) is 19.1.